The minimum Gasteiger partial charge on any atom is -0.366 e. The van der Waals surface area contributed by atoms with Crippen molar-refractivity contribution in [3.63, 3.8) is 0 Å². The molecule has 1 heterocycles. The largest absolute Gasteiger partial charge is 0.366 e. The summed E-state index contributed by atoms with van der Waals surface area (Å²) in [6, 6.07) is 32.2. The van der Waals surface area contributed by atoms with Crippen molar-refractivity contribution in [1.82, 2.24) is 10.2 Å². The van der Waals surface area contributed by atoms with E-state index < -0.39 is 0 Å². The van der Waals surface area contributed by atoms with E-state index in [1.54, 1.807) is 36.4 Å². The SMILES string of the molecule is O=C(NC(=S)Nc1ccccc1N1CCN(C(=O)c2ccc(Cl)cc2)CC1)c1ccc(-c2ccccc2)cc1. The molecule has 5 rings (SSSR count). The standard InChI is InChI=1S/C31H27ClN4O2S/c32-26-16-14-25(15-17-26)30(38)36-20-18-35(19-21-36)28-9-5-4-8-27(28)33-31(39)34-29(37)24-12-10-23(11-13-24)22-6-2-1-3-7-22/h1-17H,18-21H2,(H2,33,34,37,39). The van der Waals surface area contributed by atoms with Gasteiger partial charge in [0.25, 0.3) is 11.8 Å². The van der Waals surface area contributed by atoms with E-state index in [0.717, 1.165) is 22.5 Å². The predicted molar refractivity (Wildman–Crippen MR) is 162 cm³/mol. The van der Waals surface area contributed by atoms with Crippen molar-refractivity contribution in [3.05, 3.63) is 119 Å². The number of nitrogens with one attached hydrogen (secondary N) is 2. The highest BCUT2D eigenvalue weighted by Crippen LogP contribution is 2.27. The van der Waals surface area contributed by atoms with Gasteiger partial charge in [-0.1, -0.05) is 66.2 Å². The highest BCUT2D eigenvalue weighted by atomic mass is 35.5. The molecule has 0 saturated carbocycles. The first-order chi connectivity index (χ1) is 19.0. The number of hydrogen-bond donors (Lipinski definition) is 2. The molecular formula is C31H27ClN4O2S. The molecule has 196 valence electrons. The summed E-state index contributed by atoms with van der Waals surface area (Å²) in [7, 11) is 0. The minimum absolute atomic E-state index is 0.00146. The van der Waals surface area contributed by atoms with Crippen LogP contribution in [0.15, 0.2) is 103 Å². The third-order valence-corrected chi connectivity index (χ3v) is 7.09. The lowest BCUT2D eigenvalue weighted by atomic mass is 10.0. The number of amides is 2. The van der Waals surface area contributed by atoms with E-state index >= 15 is 0 Å². The Morgan fingerprint density at radius 1 is 0.692 bits per heavy atom. The second-order valence-corrected chi connectivity index (χ2v) is 10.00. The Balaban J connectivity index is 1.18. The normalized spacial score (nSPS) is 13.1. The lowest BCUT2D eigenvalue weighted by molar-refractivity contribution is 0.0746. The van der Waals surface area contributed by atoms with Gasteiger partial charge in [-0.05, 0) is 71.9 Å². The average Bonchev–Trinajstić information content (AvgIpc) is 2.98. The van der Waals surface area contributed by atoms with Gasteiger partial charge in [0.15, 0.2) is 5.11 Å². The molecule has 39 heavy (non-hydrogen) atoms. The third kappa shape index (κ3) is 6.45. The molecule has 0 aliphatic carbocycles. The quantitative estimate of drug-likeness (QED) is 0.292. The molecule has 0 radical (unpaired) electrons. The Kier molecular flexibility index (Phi) is 8.20. The predicted octanol–water partition coefficient (Wildman–Crippen LogP) is 6.10. The van der Waals surface area contributed by atoms with Crippen LogP contribution in [0, 0.1) is 0 Å². The summed E-state index contributed by atoms with van der Waals surface area (Å²) >= 11 is 11.4. The van der Waals surface area contributed by atoms with Crippen LogP contribution in [-0.2, 0) is 0 Å². The van der Waals surface area contributed by atoms with Crippen LogP contribution in [0.5, 0.6) is 0 Å². The number of carbonyl (C=O) groups excluding carboxylic acids is 2. The van der Waals surface area contributed by atoms with Gasteiger partial charge in [0.2, 0.25) is 0 Å². The van der Waals surface area contributed by atoms with Gasteiger partial charge < -0.3 is 15.1 Å². The van der Waals surface area contributed by atoms with E-state index in [9.17, 15) is 9.59 Å². The Morgan fingerprint density at radius 2 is 1.28 bits per heavy atom. The minimum atomic E-state index is -0.279. The summed E-state index contributed by atoms with van der Waals surface area (Å²) in [6.07, 6.45) is 0. The zero-order chi connectivity index (χ0) is 27.2. The number of carbonyl (C=O) groups is 2. The number of anilines is 2. The van der Waals surface area contributed by atoms with E-state index in [2.05, 4.69) is 15.5 Å². The maximum Gasteiger partial charge on any atom is 0.257 e. The lowest BCUT2D eigenvalue weighted by Gasteiger charge is -2.37. The molecule has 1 aliphatic rings. The molecule has 6 nitrogen and oxygen atoms in total. The van der Waals surface area contributed by atoms with E-state index in [1.165, 1.54) is 0 Å². The molecule has 1 saturated heterocycles. The van der Waals surface area contributed by atoms with Crippen LogP contribution >= 0.6 is 23.8 Å². The summed E-state index contributed by atoms with van der Waals surface area (Å²) in [5.41, 5.74) is 5.03. The van der Waals surface area contributed by atoms with E-state index in [-0.39, 0.29) is 16.9 Å². The molecule has 0 unspecified atom stereocenters. The summed E-state index contributed by atoms with van der Waals surface area (Å²) in [4.78, 5) is 29.8. The second-order valence-electron chi connectivity index (χ2n) is 9.15. The van der Waals surface area contributed by atoms with E-state index in [1.807, 2.05) is 71.6 Å². The molecule has 0 atom stereocenters. The Morgan fingerprint density at radius 3 is 1.97 bits per heavy atom. The number of rotatable bonds is 5. The van der Waals surface area contributed by atoms with Crippen molar-refractivity contribution in [2.75, 3.05) is 36.4 Å². The van der Waals surface area contributed by atoms with Crippen LogP contribution in [0.3, 0.4) is 0 Å². The zero-order valence-electron chi connectivity index (χ0n) is 21.1. The van der Waals surface area contributed by atoms with Crippen LogP contribution in [0.2, 0.25) is 5.02 Å². The Labute approximate surface area is 238 Å². The molecule has 8 heteroatoms. The van der Waals surface area contributed by atoms with Crippen molar-refractivity contribution < 1.29 is 9.59 Å². The van der Waals surface area contributed by atoms with Gasteiger partial charge in [-0.25, -0.2) is 0 Å². The van der Waals surface area contributed by atoms with Crippen molar-refractivity contribution in [3.8, 4) is 11.1 Å². The van der Waals surface area contributed by atoms with Crippen molar-refractivity contribution in [1.29, 1.82) is 0 Å². The lowest BCUT2D eigenvalue weighted by Crippen LogP contribution is -2.49. The molecule has 0 aromatic heterocycles. The molecule has 1 fully saturated rings. The van der Waals surface area contributed by atoms with Crippen LogP contribution in [0.25, 0.3) is 11.1 Å². The fourth-order valence-corrected chi connectivity index (χ4v) is 4.88. The average molecular weight is 555 g/mol. The first kappa shape index (κ1) is 26.4. The maximum absolute atomic E-state index is 12.9. The fourth-order valence-electron chi connectivity index (χ4n) is 4.55. The van der Waals surface area contributed by atoms with Gasteiger partial charge >= 0.3 is 0 Å². The smallest absolute Gasteiger partial charge is 0.257 e. The number of halogens is 1. The number of piperazine rings is 1. The molecular weight excluding hydrogens is 528 g/mol. The van der Waals surface area contributed by atoms with Crippen LogP contribution in [0.4, 0.5) is 11.4 Å². The zero-order valence-corrected chi connectivity index (χ0v) is 22.7. The summed E-state index contributed by atoms with van der Waals surface area (Å²) in [6.45, 7) is 2.53. The number of thiocarbonyl (C=S) groups is 1. The first-order valence-electron chi connectivity index (χ1n) is 12.6. The number of nitrogens with zero attached hydrogens (tertiary/aromatic N) is 2. The number of para-hydroxylation sites is 2. The van der Waals surface area contributed by atoms with Gasteiger partial charge in [-0.15, -0.1) is 0 Å². The highest BCUT2D eigenvalue weighted by Gasteiger charge is 2.23. The molecule has 1 aliphatic heterocycles. The second kappa shape index (κ2) is 12.1. The molecule has 2 amide bonds. The number of benzene rings is 4. The maximum atomic E-state index is 12.9. The van der Waals surface area contributed by atoms with Gasteiger partial charge in [0.1, 0.15) is 0 Å². The molecule has 0 bridgehead atoms. The molecule has 0 spiro atoms. The molecule has 2 N–H and O–H groups in total. The van der Waals surface area contributed by atoms with Crippen molar-refractivity contribution in [2.45, 2.75) is 0 Å². The van der Waals surface area contributed by atoms with Gasteiger partial charge in [0, 0.05) is 42.3 Å². The van der Waals surface area contributed by atoms with Gasteiger partial charge in [-0.2, -0.15) is 0 Å². The van der Waals surface area contributed by atoms with Crippen molar-refractivity contribution in [2.24, 2.45) is 0 Å². The summed E-state index contributed by atoms with van der Waals surface area (Å²) < 4.78 is 0. The third-order valence-electron chi connectivity index (χ3n) is 6.63. The van der Waals surface area contributed by atoms with E-state index in [4.69, 9.17) is 23.8 Å². The summed E-state index contributed by atoms with van der Waals surface area (Å²) in [5, 5.41) is 6.78. The van der Waals surface area contributed by atoms with Crippen LogP contribution in [-0.4, -0.2) is 48.0 Å². The van der Waals surface area contributed by atoms with E-state index in [0.29, 0.717) is 42.3 Å². The van der Waals surface area contributed by atoms with Gasteiger partial charge in [0.05, 0.1) is 11.4 Å². The highest BCUT2D eigenvalue weighted by molar-refractivity contribution is 7.80. The molecule has 4 aromatic carbocycles. The Hall–Kier alpha value is -4.20. The van der Waals surface area contributed by atoms with Crippen molar-refractivity contribution >= 4 is 52.1 Å². The van der Waals surface area contributed by atoms with Crippen LogP contribution in [0.1, 0.15) is 20.7 Å². The number of hydrogen-bond acceptors (Lipinski definition) is 4. The monoisotopic (exact) mass is 554 g/mol. The van der Waals surface area contributed by atoms with Gasteiger partial charge in [-0.3, -0.25) is 14.9 Å². The topological polar surface area (TPSA) is 64.7 Å². The fraction of sp³-hybridized carbons (Fsp3) is 0.129. The Bertz CT molecular complexity index is 1470. The molecule has 4 aromatic rings. The summed E-state index contributed by atoms with van der Waals surface area (Å²) in [5.74, 6) is -0.280. The first-order valence-corrected chi connectivity index (χ1v) is 13.4. The van der Waals surface area contributed by atoms with Crippen LogP contribution < -0.4 is 15.5 Å².